The average Bonchev–Trinajstić information content (AvgIpc) is 3.50. The largest absolute Gasteiger partial charge is 0.397 e. The fourth-order valence-corrected chi connectivity index (χ4v) is 4.64. The number of thiophene rings is 1. The van der Waals surface area contributed by atoms with E-state index in [1.54, 1.807) is 11.3 Å². The number of imidazole rings is 1. The Kier molecular flexibility index (Phi) is 5.89. The molecule has 0 aliphatic carbocycles. The summed E-state index contributed by atoms with van der Waals surface area (Å²) in [6.07, 6.45) is 1.84. The Morgan fingerprint density at radius 3 is 2.81 bits per heavy atom. The maximum Gasteiger partial charge on any atom is 0.255 e. The molecule has 0 radical (unpaired) electrons. The van der Waals surface area contributed by atoms with Crippen LogP contribution in [0.4, 0.5) is 11.4 Å². The standard InChI is InChI=1S/C24H25N5O2S/c25-19-5-3-17(23-2-1-13-32-23)14-20(19)27-24(30)18-4-6-22-21(15-18)26-16-29(22)8-7-28-9-11-31-12-10-28/h1-6,13-16H,7-12,25H2,(H,27,30). The number of nitrogen functional groups attached to an aromatic ring is 1. The van der Waals surface area contributed by atoms with Crippen molar-refractivity contribution in [2.45, 2.75) is 6.54 Å². The summed E-state index contributed by atoms with van der Waals surface area (Å²) in [7, 11) is 0. The van der Waals surface area contributed by atoms with Gasteiger partial charge in [0.1, 0.15) is 0 Å². The number of benzene rings is 2. The van der Waals surface area contributed by atoms with E-state index >= 15 is 0 Å². The van der Waals surface area contributed by atoms with Crippen molar-refractivity contribution in [2.75, 3.05) is 43.9 Å². The minimum Gasteiger partial charge on any atom is -0.397 e. The molecule has 0 spiro atoms. The van der Waals surface area contributed by atoms with Gasteiger partial charge >= 0.3 is 0 Å². The first-order chi connectivity index (χ1) is 15.7. The lowest BCUT2D eigenvalue weighted by molar-refractivity contribution is 0.0365. The first-order valence-electron chi connectivity index (χ1n) is 10.7. The predicted molar refractivity (Wildman–Crippen MR) is 129 cm³/mol. The number of hydrogen-bond donors (Lipinski definition) is 2. The normalized spacial score (nSPS) is 14.6. The lowest BCUT2D eigenvalue weighted by Crippen LogP contribution is -2.38. The number of carbonyl (C=O) groups excluding carboxylic acids is 1. The molecule has 4 aromatic rings. The van der Waals surface area contributed by atoms with Gasteiger partial charge in [0, 0.05) is 36.6 Å². The molecule has 0 unspecified atom stereocenters. The van der Waals surface area contributed by atoms with Gasteiger partial charge < -0.3 is 20.4 Å². The van der Waals surface area contributed by atoms with Crippen molar-refractivity contribution >= 4 is 39.7 Å². The van der Waals surface area contributed by atoms with Crippen LogP contribution in [0, 0.1) is 0 Å². The zero-order valence-electron chi connectivity index (χ0n) is 17.7. The van der Waals surface area contributed by atoms with Gasteiger partial charge in [0.2, 0.25) is 0 Å². The van der Waals surface area contributed by atoms with Crippen LogP contribution in [0.3, 0.4) is 0 Å². The average molecular weight is 448 g/mol. The molecule has 5 rings (SSSR count). The van der Waals surface area contributed by atoms with E-state index < -0.39 is 0 Å². The highest BCUT2D eigenvalue weighted by Crippen LogP contribution is 2.30. The Labute approximate surface area is 190 Å². The number of aromatic nitrogens is 2. The number of amides is 1. The molecule has 164 valence electrons. The van der Waals surface area contributed by atoms with Crippen molar-refractivity contribution < 1.29 is 9.53 Å². The summed E-state index contributed by atoms with van der Waals surface area (Å²) >= 11 is 1.65. The molecular weight excluding hydrogens is 422 g/mol. The highest BCUT2D eigenvalue weighted by Gasteiger charge is 2.14. The third-order valence-corrected chi connectivity index (χ3v) is 6.67. The summed E-state index contributed by atoms with van der Waals surface area (Å²) < 4.78 is 7.55. The number of fused-ring (bicyclic) bond motifs is 1. The SMILES string of the molecule is Nc1ccc(-c2cccs2)cc1NC(=O)c1ccc2c(c1)ncn2CCN1CCOCC1. The molecule has 1 aliphatic heterocycles. The van der Waals surface area contributed by atoms with E-state index in [1.165, 1.54) is 0 Å². The Morgan fingerprint density at radius 2 is 2.00 bits per heavy atom. The quantitative estimate of drug-likeness (QED) is 0.438. The summed E-state index contributed by atoms with van der Waals surface area (Å²) in [6.45, 7) is 5.33. The highest BCUT2D eigenvalue weighted by molar-refractivity contribution is 7.13. The van der Waals surface area contributed by atoms with Gasteiger partial charge in [-0.05, 0) is 47.3 Å². The smallest absolute Gasteiger partial charge is 0.255 e. The van der Waals surface area contributed by atoms with Gasteiger partial charge in [-0.1, -0.05) is 12.1 Å². The van der Waals surface area contributed by atoms with Crippen molar-refractivity contribution in [1.82, 2.24) is 14.5 Å². The van der Waals surface area contributed by atoms with E-state index in [2.05, 4.69) is 19.8 Å². The summed E-state index contributed by atoms with van der Waals surface area (Å²) in [5.74, 6) is -0.204. The van der Waals surface area contributed by atoms with Crippen LogP contribution in [0.2, 0.25) is 0 Å². The second-order valence-electron chi connectivity index (χ2n) is 7.83. The van der Waals surface area contributed by atoms with Crippen molar-refractivity contribution in [2.24, 2.45) is 0 Å². The van der Waals surface area contributed by atoms with Crippen LogP contribution in [0.25, 0.3) is 21.5 Å². The monoisotopic (exact) mass is 447 g/mol. The third-order valence-electron chi connectivity index (χ3n) is 5.75. The van der Waals surface area contributed by atoms with Gasteiger partial charge in [-0.2, -0.15) is 0 Å². The lowest BCUT2D eigenvalue weighted by atomic mass is 10.1. The van der Waals surface area contributed by atoms with E-state index in [-0.39, 0.29) is 5.91 Å². The number of hydrogen-bond acceptors (Lipinski definition) is 6. The van der Waals surface area contributed by atoms with Gasteiger partial charge in [0.15, 0.2) is 0 Å². The molecule has 3 heterocycles. The minimum atomic E-state index is -0.204. The Morgan fingerprint density at radius 1 is 1.12 bits per heavy atom. The van der Waals surface area contributed by atoms with Crippen LogP contribution in [0.1, 0.15) is 10.4 Å². The number of nitrogens with one attached hydrogen (secondary N) is 1. The molecule has 2 aromatic heterocycles. The molecule has 3 N–H and O–H groups in total. The number of anilines is 2. The molecule has 1 aliphatic rings. The third kappa shape index (κ3) is 4.38. The summed E-state index contributed by atoms with van der Waals surface area (Å²) in [5, 5.41) is 4.98. The Balaban J connectivity index is 1.30. The molecule has 1 saturated heterocycles. The molecule has 7 nitrogen and oxygen atoms in total. The van der Waals surface area contributed by atoms with Crippen molar-refractivity contribution in [3.8, 4) is 10.4 Å². The minimum absolute atomic E-state index is 0.204. The molecular formula is C24H25N5O2S. The van der Waals surface area contributed by atoms with Crippen molar-refractivity contribution in [3.63, 3.8) is 0 Å². The van der Waals surface area contributed by atoms with Gasteiger partial charge in [-0.15, -0.1) is 11.3 Å². The number of ether oxygens (including phenoxy) is 1. The first-order valence-corrected chi connectivity index (χ1v) is 11.5. The number of nitrogens with two attached hydrogens (primary N) is 1. The summed E-state index contributed by atoms with van der Waals surface area (Å²) in [6, 6.07) is 15.4. The zero-order chi connectivity index (χ0) is 21.9. The van der Waals surface area contributed by atoms with Gasteiger partial charge in [-0.3, -0.25) is 9.69 Å². The van der Waals surface area contributed by atoms with Crippen LogP contribution in [0.15, 0.2) is 60.2 Å². The summed E-state index contributed by atoms with van der Waals surface area (Å²) in [5.41, 5.74) is 10.7. The Hall–Kier alpha value is -3.20. The topological polar surface area (TPSA) is 85.4 Å². The van der Waals surface area contributed by atoms with Gasteiger partial charge in [-0.25, -0.2) is 4.98 Å². The van der Waals surface area contributed by atoms with Crippen molar-refractivity contribution in [3.05, 3.63) is 65.8 Å². The maximum atomic E-state index is 12.9. The number of rotatable bonds is 6. The lowest BCUT2D eigenvalue weighted by Gasteiger charge is -2.26. The predicted octanol–water partition coefficient (Wildman–Crippen LogP) is 3.93. The molecule has 0 atom stereocenters. The van der Waals surface area contributed by atoms with Crippen LogP contribution in [0.5, 0.6) is 0 Å². The van der Waals surface area contributed by atoms with Crippen LogP contribution in [-0.4, -0.2) is 53.2 Å². The number of morpholine rings is 1. The van der Waals surface area contributed by atoms with E-state index in [0.29, 0.717) is 16.9 Å². The van der Waals surface area contributed by atoms with Crippen LogP contribution < -0.4 is 11.1 Å². The first kappa shape index (κ1) is 20.7. The van der Waals surface area contributed by atoms with Crippen molar-refractivity contribution in [1.29, 1.82) is 0 Å². The van der Waals surface area contributed by atoms with Crippen LogP contribution in [-0.2, 0) is 11.3 Å². The number of nitrogens with zero attached hydrogens (tertiary/aromatic N) is 3. The van der Waals surface area contributed by atoms with E-state index in [0.717, 1.165) is 60.9 Å². The zero-order valence-corrected chi connectivity index (χ0v) is 18.5. The second-order valence-corrected chi connectivity index (χ2v) is 8.78. The fourth-order valence-electron chi connectivity index (χ4n) is 3.91. The molecule has 1 fully saturated rings. The number of carbonyl (C=O) groups is 1. The Bertz CT molecular complexity index is 1230. The molecule has 0 saturated carbocycles. The van der Waals surface area contributed by atoms with E-state index in [4.69, 9.17) is 10.5 Å². The van der Waals surface area contributed by atoms with E-state index in [9.17, 15) is 4.79 Å². The maximum absolute atomic E-state index is 12.9. The second kappa shape index (κ2) is 9.12. The van der Waals surface area contributed by atoms with Gasteiger partial charge in [0.25, 0.3) is 5.91 Å². The van der Waals surface area contributed by atoms with Crippen LogP contribution >= 0.6 is 11.3 Å². The highest BCUT2D eigenvalue weighted by atomic mass is 32.1. The fraction of sp³-hybridized carbons (Fsp3) is 0.250. The molecule has 32 heavy (non-hydrogen) atoms. The summed E-state index contributed by atoms with van der Waals surface area (Å²) in [4.78, 5) is 21.0. The van der Waals surface area contributed by atoms with E-state index in [1.807, 2.05) is 60.2 Å². The molecule has 2 aromatic carbocycles. The molecule has 8 heteroatoms. The molecule has 1 amide bonds. The van der Waals surface area contributed by atoms with Gasteiger partial charge in [0.05, 0.1) is 41.9 Å². The molecule has 0 bridgehead atoms.